The van der Waals surface area contributed by atoms with E-state index in [1.807, 2.05) is 0 Å². The molecular weight excluding hydrogens is 72.0 g/mol. The summed E-state index contributed by atoms with van der Waals surface area (Å²) in [7, 11) is 0. The Balaban J connectivity index is 0. The Morgan fingerprint density at radius 1 is 1.75 bits per heavy atom. The van der Waals surface area contributed by atoms with E-state index in [2.05, 4.69) is 0 Å². The van der Waals surface area contributed by atoms with Crippen LogP contribution in [0, 0.1) is 4.78 Å². The molecule has 0 aliphatic heterocycles. The summed E-state index contributed by atoms with van der Waals surface area (Å²) in [6.07, 6.45) is 0. The summed E-state index contributed by atoms with van der Waals surface area (Å²) in [5.74, 6) is 0. The molecule has 0 atom stereocenters. The molecule has 0 aliphatic carbocycles. The van der Waals surface area contributed by atoms with Gasteiger partial charge in [-0.3, -0.25) is 0 Å². The Morgan fingerprint density at radius 2 is 1.75 bits per heavy atom. The quantitative estimate of drug-likeness (QED) is 0.315. The summed E-state index contributed by atoms with van der Waals surface area (Å²) in [5, 5.41) is 0. The van der Waals surface area contributed by atoms with E-state index >= 15 is 0 Å². The molecule has 4 heteroatoms. The first-order valence-corrected chi connectivity index (χ1v) is 1.08. The molecule has 0 rings (SSSR count). The summed E-state index contributed by atoms with van der Waals surface area (Å²) in [6.45, 7) is 0. The fraction of sp³-hybridized carbons (Fsp3) is 0. The molecule has 0 aliphatic rings. The fourth-order valence-corrected chi connectivity index (χ4v) is 0. The third kappa shape index (κ3) is 20.4. The molecular formula is HFLiNS+. The summed E-state index contributed by atoms with van der Waals surface area (Å²) >= 11 is -0.500. The van der Waals surface area contributed by atoms with Gasteiger partial charge in [0.05, 0.1) is 0 Å². The first-order chi connectivity index (χ1) is 1.41. The van der Waals surface area contributed by atoms with Crippen molar-refractivity contribution in [3.63, 3.8) is 0 Å². The van der Waals surface area contributed by atoms with Gasteiger partial charge >= 0.3 is 11.9 Å². The van der Waals surface area contributed by atoms with Gasteiger partial charge < -0.3 is 0 Å². The second-order valence-electron chi connectivity index (χ2n) is 0.0772. The molecule has 0 spiro atoms. The van der Waals surface area contributed by atoms with Gasteiger partial charge in [-0.2, -0.15) is 0 Å². The molecule has 0 saturated heterocycles. The van der Waals surface area contributed by atoms with E-state index < -0.39 is 11.9 Å². The SMILES string of the molecule is N=[S+]F.[Li]. The third-order valence-electron chi connectivity index (χ3n) is 0. The Labute approximate surface area is 40.0 Å². The Kier molecular flexibility index (Phi) is 21.2. The van der Waals surface area contributed by atoms with Crippen molar-refractivity contribution in [2.24, 2.45) is 0 Å². The van der Waals surface area contributed by atoms with Crippen molar-refractivity contribution in [2.75, 3.05) is 0 Å². The first kappa shape index (κ1) is 8.82. The molecule has 0 unspecified atom stereocenters. The van der Waals surface area contributed by atoms with Gasteiger partial charge in [-0.05, 0) is 0 Å². The number of rotatable bonds is 0. The van der Waals surface area contributed by atoms with Crippen molar-refractivity contribution in [1.82, 2.24) is 0 Å². The largest absolute Gasteiger partial charge is 0.592 e. The van der Waals surface area contributed by atoms with E-state index in [4.69, 9.17) is 4.78 Å². The van der Waals surface area contributed by atoms with Gasteiger partial charge in [0, 0.05) is 23.6 Å². The van der Waals surface area contributed by atoms with Crippen LogP contribution in [0.2, 0.25) is 0 Å². The zero-order valence-corrected chi connectivity index (χ0v) is 3.10. The van der Waals surface area contributed by atoms with Crippen LogP contribution in [-0.2, 0) is 11.9 Å². The van der Waals surface area contributed by atoms with Gasteiger partial charge in [0.25, 0.3) is 0 Å². The van der Waals surface area contributed by atoms with Crippen LogP contribution in [0.15, 0.2) is 0 Å². The molecule has 0 bridgehead atoms. The third-order valence-corrected chi connectivity index (χ3v) is 0. The minimum atomic E-state index is -0.500. The molecule has 0 aromatic carbocycles. The minimum Gasteiger partial charge on any atom is 0 e. The smallest absolute Gasteiger partial charge is 0 e. The number of hydrogen-bond donors (Lipinski definition) is 1. The van der Waals surface area contributed by atoms with Crippen LogP contribution in [0.5, 0.6) is 0 Å². The molecule has 0 aromatic heterocycles. The Hall–Kier alpha value is 0.547. The molecule has 0 saturated carbocycles. The molecule has 1 N–H and O–H groups in total. The first-order valence-electron chi connectivity index (χ1n) is 0.358. The van der Waals surface area contributed by atoms with E-state index in [-0.39, 0.29) is 18.9 Å². The summed E-state index contributed by atoms with van der Waals surface area (Å²) in [5.41, 5.74) is 0. The summed E-state index contributed by atoms with van der Waals surface area (Å²) in [6, 6.07) is 0. The van der Waals surface area contributed by atoms with Crippen LogP contribution < -0.4 is 0 Å². The van der Waals surface area contributed by atoms with Crippen molar-refractivity contribution in [3.05, 3.63) is 0 Å². The number of halogens is 1. The zero-order valence-electron chi connectivity index (χ0n) is 2.29. The average molecular weight is 73.0 g/mol. The molecule has 0 aromatic rings. The Morgan fingerprint density at radius 3 is 1.75 bits per heavy atom. The van der Waals surface area contributed by atoms with Crippen molar-refractivity contribution in [2.45, 2.75) is 0 Å². The second kappa shape index (κ2) is 9.61. The van der Waals surface area contributed by atoms with E-state index in [1.165, 1.54) is 0 Å². The van der Waals surface area contributed by atoms with Gasteiger partial charge in [0.1, 0.15) is 3.89 Å². The number of nitrogens with one attached hydrogen (secondary N) is 1. The van der Waals surface area contributed by atoms with Gasteiger partial charge in [0.2, 0.25) is 0 Å². The minimum absolute atomic E-state index is 0. The molecule has 4 heavy (non-hydrogen) atoms. The van der Waals surface area contributed by atoms with E-state index in [0.717, 1.165) is 0 Å². The van der Waals surface area contributed by atoms with Crippen molar-refractivity contribution in [1.29, 1.82) is 4.78 Å². The van der Waals surface area contributed by atoms with E-state index in [9.17, 15) is 3.89 Å². The maximum Gasteiger partial charge on any atom is 0.592 e. The normalized spacial score (nSPS) is 3.25. The fourth-order valence-electron chi connectivity index (χ4n) is 0. The van der Waals surface area contributed by atoms with Gasteiger partial charge in [-0.15, -0.1) is 0 Å². The maximum absolute atomic E-state index is 9.88. The van der Waals surface area contributed by atoms with Crippen molar-refractivity contribution in [3.8, 4) is 0 Å². The van der Waals surface area contributed by atoms with E-state index in [1.54, 1.807) is 0 Å². The number of hydrogen-bond acceptors (Lipinski definition) is 1. The topological polar surface area (TPSA) is 23.9 Å². The standard InChI is InChI=1S/FHNS.Li/c1-3-2;/h2H;/q+1;. The van der Waals surface area contributed by atoms with Crippen LogP contribution in [0.25, 0.3) is 0 Å². The second-order valence-corrected chi connectivity index (χ2v) is 0.231. The Bertz CT molecular complexity index is 15.5. The maximum atomic E-state index is 9.88. The zero-order chi connectivity index (χ0) is 2.71. The molecule has 19 valence electrons. The molecule has 1 radical (unpaired) electrons. The summed E-state index contributed by atoms with van der Waals surface area (Å²) in [4.78, 5) is 0. The molecule has 1 nitrogen and oxygen atoms in total. The molecule has 0 fully saturated rings. The van der Waals surface area contributed by atoms with Gasteiger partial charge in [-0.1, -0.05) is 0 Å². The van der Waals surface area contributed by atoms with Gasteiger partial charge in [-0.25, -0.2) is 0 Å². The van der Waals surface area contributed by atoms with Crippen LogP contribution in [0.1, 0.15) is 0 Å². The van der Waals surface area contributed by atoms with E-state index in [0.29, 0.717) is 0 Å². The van der Waals surface area contributed by atoms with Crippen LogP contribution in [-0.4, -0.2) is 18.9 Å². The molecule has 0 amide bonds. The van der Waals surface area contributed by atoms with Gasteiger partial charge in [0.15, 0.2) is 0 Å². The van der Waals surface area contributed by atoms with Crippen LogP contribution >= 0.6 is 0 Å². The monoisotopic (exact) mass is 73.0 g/mol. The predicted molar refractivity (Wildman–Crippen MR) is 16.9 cm³/mol. The van der Waals surface area contributed by atoms with Crippen molar-refractivity contribution >= 4 is 30.8 Å². The predicted octanol–water partition coefficient (Wildman–Crippen LogP) is 0.335. The van der Waals surface area contributed by atoms with Crippen LogP contribution in [0.4, 0.5) is 3.89 Å². The average Bonchev–Trinajstić information content (AvgIpc) is 0.918. The summed E-state index contributed by atoms with van der Waals surface area (Å²) < 4.78 is 15.3. The van der Waals surface area contributed by atoms with Crippen LogP contribution in [0.3, 0.4) is 0 Å². The van der Waals surface area contributed by atoms with Crippen molar-refractivity contribution < 1.29 is 3.89 Å². The molecule has 0 heterocycles.